The van der Waals surface area contributed by atoms with E-state index >= 15 is 0 Å². The van der Waals surface area contributed by atoms with Crippen molar-refractivity contribution in [3.8, 4) is 0 Å². The zero-order valence-electron chi connectivity index (χ0n) is 14.1. The summed E-state index contributed by atoms with van der Waals surface area (Å²) in [4.78, 5) is 4.92. The Morgan fingerprint density at radius 1 is 1.19 bits per heavy atom. The van der Waals surface area contributed by atoms with Gasteiger partial charge in [-0.05, 0) is 51.0 Å². The van der Waals surface area contributed by atoms with E-state index in [1.54, 1.807) is 0 Å². The van der Waals surface area contributed by atoms with Gasteiger partial charge < -0.3 is 15.1 Å². The van der Waals surface area contributed by atoms with Gasteiger partial charge in [-0.1, -0.05) is 13.8 Å². The first-order valence-electron chi connectivity index (χ1n) is 8.50. The number of rotatable bonds is 6. The van der Waals surface area contributed by atoms with Gasteiger partial charge in [-0.15, -0.1) is 0 Å². The second kappa shape index (κ2) is 7.69. The topological polar surface area (TPSA) is 18.5 Å². The molecule has 3 heteroatoms. The molecule has 1 saturated heterocycles. The third-order valence-electron chi connectivity index (χ3n) is 4.33. The minimum Gasteiger partial charge on any atom is -0.372 e. The van der Waals surface area contributed by atoms with Gasteiger partial charge in [-0.3, -0.25) is 0 Å². The lowest BCUT2D eigenvalue weighted by Gasteiger charge is -2.36. The van der Waals surface area contributed by atoms with E-state index in [1.165, 1.54) is 30.8 Å². The Morgan fingerprint density at radius 2 is 1.86 bits per heavy atom. The predicted octanol–water partition coefficient (Wildman–Crippen LogP) is 3.50. The molecule has 1 unspecified atom stereocenters. The molecule has 0 aromatic heterocycles. The second-order valence-electron chi connectivity index (χ2n) is 6.30. The smallest absolute Gasteiger partial charge is 0.0368 e. The van der Waals surface area contributed by atoms with Crippen molar-refractivity contribution in [2.24, 2.45) is 0 Å². The van der Waals surface area contributed by atoms with Crippen LogP contribution in [0.3, 0.4) is 0 Å². The lowest BCUT2D eigenvalue weighted by molar-refractivity contribution is 0.395. The fraction of sp³-hybridized carbons (Fsp3) is 0.667. The molecule has 1 N–H and O–H groups in total. The zero-order chi connectivity index (χ0) is 15.2. The average molecular weight is 289 g/mol. The van der Waals surface area contributed by atoms with Crippen molar-refractivity contribution in [2.45, 2.75) is 52.6 Å². The number of anilines is 2. The number of piperidine rings is 1. The summed E-state index contributed by atoms with van der Waals surface area (Å²) in [6.45, 7) is 13.3. The van der Waals surface area contributed by atoms with Crippen LogP contribution in [0.1, 0.15) is 40.5 Å². The third-order valence-corrected chi connectivity index (χ3v) is 4.33. The molecule has 1 aliphatic rings. The summed E-state index contributed by atoms with van der Waals surface area (Å²) < 4.78 is 0. The van der Waals surface area contributed by atoms with Gasteiger partial charge in [-0.2, -0.15) is 0 Å². The molecule has 1 atom stereocenters. The standard InChI is InChI=1S/C18H31N3/c1-5-20(6-2)17-9-11-18(12-10-17)21-13-7-8-16(14-21)19-15(3)4/h9-12,15-16,19H,5-8,13-14H2,1-4H3. The molecule has 1 aromatic rings. The molecule has 21 heavy (non-hydrogen) atoms. The Kier molecular flexibility index (Phi) is 5.92. The monoisotopic (exact) mass is 289 g/mol. The van der Waals surface area contributed by atoms with Crippen LogP contribution in [0.2, 0.25) is 0 Å². The molecule has 3 nitrogen and oxygen atoms in total. The summed E-state index contributed by atoms with van der Waals surface area (Å²) in [7, 11) is 0. The summed E-state index contributed by atoms with van der Waals surface area (Å²) in [5, 5.41) is 3.68. The Labute approximate surface area is 130 Å². The highest BCUT2D eigenvalue weighted by atomic mass is 15.2. The van der Waals surface area contributed by atoms with Crippen molar-refractivity contribution < 1.29 is 0 Å². The summed E-state index contributed by atoms with van der Waals surface area (Å²) >= 11 is 0. The van der Waals surface area contributed by atoms with Crippen LogP contribution in [0.15, 0.2) is 24.3 Å². The fourth-order valence-electron chi connectivity index (χ4n) is 3.28. The summed E-state index contributed by atoms with van der Waals surface area (Å²) in [6, 6.07) is 10.3. The van der Waals surface area contributed by atoms with Crippen LogP contribution in [-0.2, 0) is 0 Å². The van der Waals surface area contributed by atoms with Gasteiger partial charge in [0.25, 0.3) is 0 Å². The summed E-state index contributed by atoms with van der Waals surface area (Å²) in [5.41, 5.74) is 2.69. The molecule has 1 aliphatic heterocycles. The molecular weight excluding hydrogens is 258 g/mol. The van der Waals surface area contributed by atoms with E-state index in [-0.39, 0.29) is 0 Å². The maximum absolute atomic E-state index is 3.68. The van der Waals surface area contributed by atoms with Gasteiger partial charge in [0.15, 0.2) is 0 Å². The van der Waals surface area contributed by atoms with Crippen LogP contribution in [-0.4, -0.2) is 38.3 Å². The van der Waals surface area contributed by atoms with E-state index in [4.69, 9.17) is 0 Å². The van der Waals surface area contributed by atoms with Gasteiger partial charge in [0.05, 0.1) is 0 Å². The fourth-order valence-corrected chi connectivity index (χ4v) is 3.28. The molecule has 0 aliphatic carbocycles. The molecular formula is C18H31N3. The number of hydrogen-bond donors (Lipinski definition) is 1. The Bertz CT molecular complexity index is 409. The van der Waals surface area contributed by atoms with Crippen LogP contribution in [0.5, 0.6) is 0 Å². The maximum Gasteiger partial charge on any atom is 0.0368 e. The molecule has 1 heterocycles. The third kappa shape index (κ3) is 4.37. The predicted molar refractivity (Wildman–Crippen MR) is 93.5 cm³/mol. The lowest BCUT2D eigenvalue weighted by Crippen LogP contribution is -2.47. The van der Waals surface area contributed by atoms with Crippen molar-refractivity contribution in [2.75, 3.05) is 36.0 Å². The van der Waals surface area contributed by atoms with Gasteiger partial charge in [-0.25, -0.2) is 0 Å². The Balaban J connectivity index is 2.01. The first-order valence-corrected chi connectivity index (χ1v) is 8.50. The molecule has 0 spiro atoms. The minimum absolute atomic E-state index is 0.569. The van der Waals surface area contributed by atoms with Crippen molar-refractivity contribution in [3.63, 3.8) is 0 Å². The van der Waals surface area contributed by atoms with Gasteiger partial charge in [0.1, 0.15) is 0 Å². The van der Waals surface area contributed by atoms with Gasteiger partial charge >= 0.3 is 0 Å². The molecule has 0 radical (unpaired) electrons. The molecule has 0 bridgehead atoms. The number of hydrogen-bond acceptors (Lipinski definition) is 3. The average Bonchev–Trinajstić information content (AvgIpc) is 2.49. The van der Waals surface area contributed by atoms with E-state index in [9.17, 15) is 0 Å². The van der Waals surface area contributed by atoms with Crippen LogP contribution in [0.4, 0.5) is 11.4 Å². The molecule has 118 valence electrons. The van der Waals surface area contributed by atoms with E-state index in [0.717, 1.165) is 19.6 Å². The van der Waals surface area contributed by atoms with E-state index in [2.05, 4.69) is 67.1 Å². The molecule has 1 aromatic carbocycles. The highest BCUT2D eigenvalue weighted by molar-refractivity contribution is 5.56. The molecule has 2 rings (SSSR count). The highest BCUT2D eigenvalue weighted by Crippen LogP contribution is 2.23. The van der Waals surface area contributed by atoms with Crippen molar-refractivity contribution in [1.82, 2.24) is 5.32 Å². The van der Waals surface area contributed by atoms with Crippen molar-refractivity contribution >= 4 is 11.4 Å². The first kappa shape index (κ1) is 16.2. The van der Waals surface area contributed by atoms with Crippen LogP contribution in [0.25, 0.3) is 0 Å². The normalized spacial score (nSPS) is 19.1. The molecule has 1 fully saturated rings. The molecule has 0 amide bonds. The minimum atomic E-state index is 0.569. The van der Waals surface area contributed by atoms with E-state index in [0.29, 0.717) is 12.1 Å². The number of nitrogens with one attached hydrogen (secondary N) is 1. The largest absolute Gasteiger partial charge is 0.372 e. The Morgan fingerprint density at radius 3 is 2.43 bits per heavy atom. The molecule has 0 saturated carbocycles. The van der Waals surface area contributed by atoms with E-state index in [1.807, 2.05) is 0 Å². The van der Waals surface area contributed by atoms with Crippen molar-refractivity contribution in [3.05, 3.63) is 24.3 Å². The van der Waals surface area contributed by atoms with Gasteiger partial charge in [0.2, 0.25) is 0 Å². The SMILES string of the molecule is CCN(CC)c1ccc(N2CCCC(NC(C)C)C2)cc1. The summed E-state index contributed by atoms with van der Waals surface area (Å²) in [5.74, 6) is 0. The first-order chi connectivity index (χ1) is 10.1. The number of nitrogens with zero attached hydrogens (tertiary/aromatic N) is 2. The lowest BCUT2D eigenvalue weighted by atomic mass is 10.0. The van der Waals surface area contributed by atoms with Crippen LogP contribution in [0, 0.1) is 0 Å². The zero-order valence-corrected chi connectivity index (χ0v) is 14.1. The van der Waals surface area contributed by atoms with E-state index < -0.39 is 0 Å². The Hall–Kier alpha value is -1.22. The summed E-state index contributed by atoms with van der Waals surface area (Å²) in [6.07, 6.45) is 2.58. The van der Waals surface area contributed by atoms with Crippen LogP contribution >= 0.6 is 0 Å². The maximum atomic E-state index is 3.68. The number of benzene rings is 1. The second-order valence-corrected chi connectivity index (χ2v) is 6.30. The quantitative estimate of drug-likeness (QED) is 0.864. The highest BCUT2D eigenvalue weighted by Gasteiger charge is 2.20. The van der Waals surface area contributed by atoms with Crippen molar-refractivity contribution in [1.29, 1.82) is 0 Å². The van der Waals surface area contributed by atoms with Gasteiger partial charge in [0, 0.05) is 49.6 Å². The van der Waals surface area contributed by atoms with Crippen LogP contribution < -0.4 is 15.1 Å².